The Bertz CT molecular complexity index is 861. The summed E-state index contributed by atoms with van der Waals surface area (Å²) in [4.78, 5) is 16.9. The topological polar surface area (TPSA) is 56.0 Å². The Morgan fingerprint density at radius 3 is 2.54 bits per heavy atom. The fourth-order valence-electron chi connectivity index (χ4n) is 2.46. The first-order valence-corrected chi connectivity index (χ1v) is 7.38. The molecule has 0 bridgehead atoms. The molecule has 0 radical (unpaired) electrons. The molecule has 0 unspecified atom stereocenters. The second-order valence-electron chi connectivity index (χ2n) is 5.26. The molecule has 0 aliphatic rings. The molecule has 0 saturated carbocycles. The van der Waals surface area contributed by atoms with Gasteiger partial charge in [0.2, 0.25) is 0 Å². The van der Waals surface area contributed by atoms with Gasteiger partial charge in [0.15, 0.2) is 5.78 Å². The maximum absolute atomic E-state index is 12.8. The van der Waals surface area contributed by atoms with E-state index >= 15 is 0 Å². The molecule has 0 aliphatic heterocycles. The van der Waals surface area contributed by atoms with E-state index in [1.807, 2.05) is 31.2 Å². The lowest BCUT2D eigenvalue weighted by Crippen LogP contribution is -2.07. The van der Waals surface area contributed by atoms with Crippen molar-refractivity contribution in [3.8, 4) is 0 Å². The third-order valence-electron chi connectivity index (χ3n) is 3.69. The van der Waals surface area contributed by atoms with Gasteiger partial charge in [-0.15, -0.1) is 24.8 Å². The number of nitrogens with zero attached hydrogens (tertiary/aromatic N) is 1. The van der Waals surface area contributed by atoms with E-state index in [-0.39, 0.29) is 36.6 Å². The van der Waals surface area contributed by atoms with Gasteiger partial charge in [-0.3, -0.25) is 9.78 Å². The minimum absolute atomic E-state index is 0. The quantitative estimate of drug-likeness (QED) is 0.649. The van der Waals surface area contributed by atoms with Gasteiger partial charge in [-0.2, -0.15) is 0 Å². The lowest BCUT2D eigenvalue weighted by atomic mass is 9.97. The maximum atomic E-state index is 12.8. The Labute approximate surface area is 158 Å². The minimum Gasteiger partial charge on any atom is -0.324 e. The second kappa shape index (κ2) is 8.45. The molecule has 3 aromatic rings. The number of ketones is 1. The number of fused-ring (bicyclic) bond motifs is 1. The number of nitrogens with two attached hydrogens (primary N) is 1. The van der Waals surface area contributed by atoms with E-state index in [2.05, 4.69) is 4.98 Å². The van der Waals surface area contributed by atoms with Crippen molar-refractivity contribution < 1.29 is 4.79 Å². The van der Waals surface area contributed by atoms with Crippen molar-refractivity contribution >= 4 is 53.0 Å². The minimum atomic E-state index is -0.120. The van der Waals surface area contributed by atoms with Crippen LogP contribution in [0.1, 0.15) is 34.5 Å². The highest BCUT2D eigenvalue weighted by Crippen LogP contribution is 2.26. The highest BCUT2D eigenvalue weighted by molar-refractivity contribution is 6.35. The zero-order valence-corrected chi connectivity index (χ0v) is 15.3. The van der Waals surface area contributed by atoms with Gasteiger partial charge in [-0.05, 0) is 36.1 Å². The Balaban J connectivity index is 0.00000144. The molecular formula is C18H17Cl3N2O. The van der Waals surface area contributed by atoms with E-state index in [9.17, 15) is 4.79 Å². The Morgan fingerprint density at radius 2 is 1.88 bits per heavy atom. The van der Waals surface area contributed by atoms with Gasteiger partial charge in [0.1, 0.15) is 0 Å². The first kappa shape index (κ1) is 20.4. The molecule has 0 aliphatic carbocycles. The van der Waals surface area contributed by atoms with Crippen molar-refractivity contribution in [3.05, 3.63) is 76.6 Å². The molecule has 0 saturated heterocycles. The average molecular weight is 384 g/mol. The zero-order chi connectivity index (χ0) is 15.7. The molecule has 2 N–H and O–H groups in total. The first-order chi connectivity index (χ1) is 10.6. The lowest BCUT2D eigenvalue weighted by Gasteiger charge is -2.10. The molecule has 0 spiro atoms. The fourth-order valence-corrected chi connectivity index (χ4v) is 2.74. The predicted octanol–water partition coefficient (Wildman–Crippen LogP) is 4.98. The molecule has 0 fully saturated rings. The maximum Gasteiger partial charge on any atom is 0.195 e. The van der Waals surface area contributed by atoms with Crippen molar-refractivity contribution in [3.63, 3.8) is 0 Å². The van der Waals surface area contributed by atoms with Crippen molar-refractivity contribution in [2.75, 3.05) is 0 Å². The molecule has 1 heterocycles. The number of aromatic nitrogens is 1. The normalized spacial score (nSPS) is 11.3. The van der Waals surface area contributed by atoms with Gasteiger partial charge in [0.05, 0.1) is 5.02 Å². The highest BCUT2D eigenvalue weighted by atomic mass is 35.5. The number of pyridine rings is 1. The van der Waals surface area contributed by atoms with Crippen molar-refractivity contribution in [1.29, 1.82) is 0 Å². The van der Waals surface area contributed by atoms with E-state index in [4.69, 9.17) is 17.3 Å². The van der Waals surface area contributed by atoms with Gasteiger partial charge in [0.25, 0.3) is 0 Å². The number of carbonyl (C=O) groups excluding carboxylic acids is 1. The molecule has 0 amide bonds. The number of benzene rings is 2. The van der Waals surface area contributed by atoms with E-state index in [0.717, 1.165) is 16.3 Å². The van der Waals surface area contributed by atoms with Crippen LogP contribution in [0.25, 0.3) is 10.8 Å². The summed E-state index contributed by atoms with van der Waals surface area (Å²) >= 11 is 6.28. The lowest BCUT2D eigenvalue weighted by molar-refractivity contribution is 0.104. The van der Waals surface area contributed by atoms with Crippen molar-refractivity contribution in [2.24, 2.45) is 5.73 Å². The molecule has 126 valence electrons. The largest absolute Gasteiger partial charge is 0.324 e. The summed E-state index contributed by atoms with van der Waals surface area (Å²) in [6.07, 6.45) is 3.42. The summed E-state index contributed by atoms with van der Waals surface area (Å²) in [5.74, 6) is -0.0991. The number of hydrogen-bond donors (Lipinski definition) is 1. The van der Waals surface area contributed by atoms with Gasteiger partial charge >= 0.3 is 0 Å². The van der Waals surface area contributed by atoms with Crippen LogP contribution in [0.5, 0.6) is 0 Å². The Kier molecular flexibility index (Phi) is 7.18. The first-order valence-electron chi connectivity index (χ1n) is 7.00. The van der Waals surface area contributed by atoms with E-state index < -0.39 is 0 Å². The van der Waals surface area contributed by atoms with Crippen LogP contribution in [0.4, 0.5) is 0 Å². The van der Waals surface area contributed by atoms with Crippen LogP contribution in [-0.2, 0) is 0 Å². The van der Waals surface area contributed by atoms with Crippen molar-refractivity contribution in [2.45, 2.75) is 13.0 Å². The molecular weight excluding hydrogens is 367 g/mol. The molecule has 1 aromatic heterocycles. The fraction of sp³-hybridized carbons (Fsp3) is 0.111. The Hall–Kier alpha value is -1.65. The van der Waals surface area contributed by atoms with Gasteiger partial charge < -0.3 is 5.73 Å². The van der Waals surface area contributed by atoms with Crippen LogP contribution in [0.3, 0.4) is 0 Å². The van der Waals surface area contributed by atoms with Crippen LogP contribution < -0.4 is 5.73 Å². The smallest absolute Gasteiger partial charge is 0.195 e. The average Bonchev–Trinajstić information content (AvgIpc) is 2.53. The van der Waals surface area contributed by atoms with Crippen LogP contribution in [0.2, 0.25) is 5.02 Å². The summed E-state index contributed by atoms with van der Waals surface area (Å²) in [7, 11) is 0. The standard InChI is InChI=1S/C18H15ClN2O.2ClH/c1-11(20)12-5-6-16(17(19)9-12)18(22)15-4-2-3-13-10-21-8-7-14(13)15;;/h2-11H,20H2,1H3;2*1H/t11-;;/m1../s1. The summed E-state index contributed by atoms with van der Waals surface area (Å²) in [5, 5.41) is 2.22. The molecule has 1 atom stereocenters. The molecule has 3 nitrogen and oxygen atoms in total. The third-order valence-corrected chi connectivity index (χ3v) is 4.00. The second-order valence-corrected chi connectivity index (χ2v) is 5.67. The van der Waals surface area contributed by atoms with E-state index in [1.54, 1.807) is 30.6 Å². The van der Waals surface area contributed by atoms with E-state index in [0.29, 0.717) is 16.1 Å². The molecule has 6 heteroatoms. The summed E-state index contributed by atoms with van der Waals surface area (Å²) < 4.78 is 0. The number of halogens is 3. The summed E-state index contributed by atoms with van der Waals surface area (Å²) in [6.45, 7) is 1.88. The van der Waals surface area contributed by atoms with Crippen LogP contribution in [-0.4, -0.2) is 10.8 Å². The van der Waals surface area contributed by atoms with Crippen LogP contribution >= 0.6 is 36.4 Å². The van der Waals surface area contributed by atoms with Crippen molar-refractivity contribution in [1.82, 2.24) is 4.98 Å². The van der Waals surface area contributed by atoms with Gasteiger partial charge in [-0.25, -0.2) is 0 Å². The van der Waals surface area contributed by atoms with Crippen LogP contribution in [0.15, 0.2) is 54.9 Å². The summed E-state index contributed by atoms with van der Waals surface area (Å²) in [6, 6.07) is 12.6. The van der Waals surface area contributed by atoms with Crippen LogP contribution in [0, 0.1) is 0 Å². The zero-order valence-electron chi connectivity index (χ0n) is 12.9. The molecule has 2 aromatic carbocycles. The van der Waals surface area contributed by atoms with Gasteiger partial charge in [-0.1, -0.05) is 35.9 Å². The number of hydrogen-bond acceptors (Lipinski definition) is 3. The Morgan fingerprint density at radius 1 is 1.12 bits per heavy atom. The molecule has 24 heavy (non-hydrogen) atoms. The summed E-state index contributed by atoms with van der Waals surface area (Å²) in [5.41, 5.74) is 7.85. The predicted molar refractivity (Wildman–Crippen MR) is 104 cm³/mol. The third kappa shape index (κ3) is 3.87. The molecule has 3 rings (SSSR count). The SMILES string of the molecule is C[C@@H](N)c1ccc(C(=O)c2cccc3cnccc23)c(Cl)c1.Cl.Cl. The number of rotatable bonds is 3. The van der Waals surface area contributed by atoms with Gasteiger partial charge in [0, 0.05) is 34.9 Å². The highest BCUT2D eigenvalue weighted by Gasteiger charge is 2.16. The number of carbonyl (C=O) groups is 1. The van der Waals surface area contributed by atoms with E-state index in [1.165, 1.54) is 0 Å². The monoisotopic (exact) mass is 382 g/mol.